The van der Waals surface area contributed by atoms with Crippen LogP contribution in [0, 0.1) is 0 Å². The Labute approximate surface area is 117 Å². The molecule has 1 aromatic carbocycles. The third kappa shape index (κ3) is 3.24. The number of likely N-dealkylation sites (N-methyl/N-ethyl adjacent to an activating group) is 1. The van der Waals surface area contributed by atoms with Gasteiger partial charge in [-0.1, -0.05) is 31.2 Å². The van der Waals surface area contributed by atoms with Crippen molar-refractivity contribution in [2.45, 2.75) is 26.3 Å². The lowest BCUT2D eigenvalue weighted by atomic mass is 10.0. The standard InChI is InChI=1S/C15H18BrNO/c1-3-17-11(2)10-12-4-6-13(7-5-12)15-14(16)8-9-18-15/h4-9,11,17H,3,10H2,1-2H3. The molecule has 2 aromatic rings. The largest absolute Gasteiger partial charge is 0.463 e. The average molecular weight is 308 g/mol. The van der Waals surface area contributed by atoms with Gasteiger partial charge in [-0.25, -0.2) is 0 Å². The highest BCUT2D eigenvalue weighted by molar-refractivity contribution is 9.10. The van der Waals surface area contributed by atoms with Gasteiger partial charge in [0, 0.05) is 11.6 Å². The molecule has 0 saturated carbocycles. The van der Waals surface area contributed by atoms with E-state index in [0.717, 1.165) is 28.8 Å². The maximum absolute atomic E-state index is 5.45. The Balaban J connectivity index is 2.08. The highest BCUT2D eigenvalue weighted by Crippen LogP contribution is 2.29. The van der Waals surface area contributed by atoms with Gasteiger partial charge in [0.15, 0.2) is 0 Å². The van der Waals surface area contributed by atoms with E-state index in [1.165, 1.54) is 5.56 Å². The van der Waals surface area contributed by atoms with Crippen LogP contribution in [-0.2, 0) is 6.42 Å². The molecule has 0 aliphatic rings. The third-order valence-corrected chi connectivity index (χ3v) is 3.55. The summed E-state index contributed by atoms with van der Waals surface area (Å²) in [6, 6.07) is 11.0. The lowest BCUT2D eigenvalue weighted by Gasteiger charge is -2.12. The molecule has 3 heteroatoms. The molecule has 1 aromatic heterocycles. The maximum atomic E-state index is 5.45. The first kappa shape index (κ1) is 13.4. The van der Waals surface area contributed by atoms with Crippen molar-refractivity contribution in [3.8, 4) is 11.3 Å². The summed E-state index contributed by atoms with van der Waals surface area (Å²) >= 11 is 3.48. The van der Waals surface area contributed by atoms with Crippen molar-refractivity contribution in [1.29, 1.82) is 0 Å². The quantitative estimate of drug-likeness (QED) is 0.893. The van der Waals surface area contributed by atoms with Crippen molar-refractivity contribution < 1.29 is 4.42 Å². The van der Waals surface area contributed by atoms with E-state index in [2.05, 4.69) is 59.4 Å². The molecular formula is C15H18BrNO. The fourth-order valence-corrected chi connectivity index (χ4v) is 2.50. The third-order valence-electron chi connectivity index (χ3n) is 2.93. The summed E-state index contributed by atoms with van der Waals surface area (Å²) in [5, 5.41) is 3.42. The van der Waals surface area contributed by atoms with Crippen LogP contribution in [0.4, 0.5) is 0 Å². The molecule has 1 atom stereocenters. The van der Waals surface area contributed by atoms with E-state index in [1.807, 2.05) is 6.07 Å². The number of nitrogens with one attached hydrogen (secondary N) is 1. The number of furan rings is 1. The Hall–Kier alpha value is -1.06. The van der Waals surface area contributed by atoms with Crippen LogP contribution in [0.15, 0.2) is 45.5 Å². The van der Waals surface area contributed by atoms with Crippen LogP contribution in [0.2, 0.25) is 0 Å². The minimum atomic E-state index is 0.510. The van der Waals surface area contributed by atoms with Gasteiger partial charge in [-0.05, 0) is 47.4 Å². The van der Waals surface area contributed by atoms with E-state index in [4.69, 9.17) is 4.42 Å². The fourth-order valence-electron chi connectivity index (χ4n) is 2.07. The average Bonchev–Trinajstić information content (AvgIpc) is 2.77. The highest BCUT2D eigenvalue weighted by atomic mass is 79.9. The van der Waals surface area contributed by atoms with Crippen LogP contribution in [0.1, 0.15) is 19.4 Å². The summed E-state index contributed by atoms with van der Waals surface area (Å²) in [5.74, 6) is 0.890. The molecule has 0 spiro atoms. The van der Waals surface area contributed by atoms with Gasteiger partial charge in [0.1, 0.15) is 5.76 Å². The molecule has 96 valence electrons. The molecular weight excluding hydrogens is 290 g/mol. The predicted octanol–water partition coefficient (Wildman–Crippen LogP) is 4.25. The molecule has 0 bridgehead atoms. The summed E-state index contributed by atoms with van der Waals surface area (Å²) in [6.07, 6.45) is 2.74. The van der Waals surface area contributed by atoms with Crippen LogP contribution in [-0.4, -0.2) is 12.6 Å². The van der Waals surface area contributed by atoms with E-state index < -0.39 is 0 Å². The lowest BCUT2D eigenvalue weighted by Crippen LogP contribution is -2.27. The van der Waals surface area contributed by atoms with Gasteiger partial charge in [0.2, 0.25) is 0 Å². The van der Waals surface area contributed by atoms with E-state index in [1.54, 1.807) is 6.26 Å². The minimum absolute atomic E-state index is 0.510. The van der Waals surface area contributed by atoms with E-state index >= 15 is 0 Å². The maximum Gasteiger partial charge on any atom is 0.148 e. The highest BCUT2D eigenvalue weighted by Gasteiger charge is 2.07. The molecule has 1 heterocycles. The first-order valence-corrected chi connectivity index (χ1v) is 7.05. The summed E-state index contributed by atoms with van der Waals surface area (Å²) in [5.41, 5.74) is 2.45. The summed E-state index contributed by atoms with van der Waals surface area (Å²) < 4.78 is 6.45. The molecule has 18 heavy (non-hydrogen) atoms. The topological polar surface area (TPSA) is 25.2 Å². The zero-order chi connectivity index (χ0) is 13.0. The number of rotatable bonds is 5. The molecule has 0 amide bonds. The molecule has 2 nitrogen and oxygen atoms in total. The predicted molar refractivity (Wildman–Crippen MR) is 78.7 cm³/mol. The van der Waals surface area contributed by atoms with E-state index in [0.29, 0.717) is 6.04 Å². The normalized spacial score (nSPS) is 12.6. The lowest BCUT2D eigenvalue weighted by molar-refractivity contribution is 0.565. The Morgan fingerprint density at radius 3 is 2.50 bits per heavy atom. The Kier molecular flexibility index (Phi) is 4.61. The number of hydrogen-bond donors (Lipinski definition) is 1. The van der Waals surface area contributed by atoms with Gasteiger partial charge in [-0.15, -0.1) is 0 Å². The Morgan fingerprint density at radius 2 is 1.94 bits per heavy atom. The van der Waals surface area contributed by atoms with Gasteiger partial charge >= 0.3 is 0 Å². The Bertz CT molecular complexity index is 489. The van der Waals surface area contributed by atoms with Crippen molar-refractivity contribution in [2.24, 2.45) is 0 Å². The molecule has 0 aliphatic heterocycles. The zero-order valence-corrected chi connectivity index (χ0v) is 12.3. The molecule has 1 N–H and O–H groups in total. The monoisotopic (exact) mass is 307 g/mol. The van der Waals surface area contributed by atoms with Crippen LogP contribution in [0.5, 0.6) is 0 Å². The summed E-state index contributed by atoms with van der Waals surface area (Å²) in [4.78, 5) is 0. The van der Waals surface area contributed by atoms with Crippen molar-refractivity contribution in [1.82, 2.24) is 5.32 Å². The zero-order valence-electron chi connectivity index (χ0n) is 10.7. The number of benzene rings is 1. The summed E-state index contributed by atoms with van der Waals surface area (Å²) in [7, 11) is 0. The van der Waals surface area contributed by atoms with Crippen LogP contribution < -0.4 is 5.32 Å². The fraction of sp³-hybridized carbons (Fsp3) is 0.333. The number of halogens is 1. The molecule has 1 unspecified atom stereocenters. The van der Waals surface area contributed by atoms with E-state index in [9.17, 15) is 0 Å². The minimum Gasteiger partial charge on any atom is -0.463 e. The Morgan fingerprint density at radius 1 is 1.22 bits per heavy atom. The van der Waals surface area contributed by atoms with Crippen LogP contribution >= 0.6 is 15.9 Å². The van der Waals surface area contributed by atoms with Crippen molar-refractivity contribution >= 4 is 15.9 Å². The van der Waals surface area contributed by atoms with Gasteiger partial charge in [-0.2, -0.15) is 0 Å². The van der Waals surface area contributed by atoms with Crippen LogP contribution in [0.25, 0.3) is 11.3 Å². The van der Waals surface area contributed by atoms with Gasteiger partial charge < -0.3 is 9.73 Å². The molecule has 0 fully saturated rings. The molecule has 0 aliphatic carbocycles. The first-order chi connectivity index (χ1) is 8.70. The van der Waals surface area contributed by atoms with Gasteiger partial charge in [0.05, 0.1) is 10.7 Å². The van der Waals surface area contributed by atoms with Crippen molar-refractivity contribution in [3.05, 3.63) is 46.6 Å². The molecule has 2 rings (SSSR count). The second-order valence-corrected chi connectivity index (χ2v) is 5.31. The van der Waals surface area contributed by atoms with Crippen LogP contribution in [0.3, 0.4) is 0 Å². The molecule has 0 radical (unpaired) electrons. The van der Waals surface area contributed by atoms with Crippen molar-refractivity contribution in [3.63, 3.8) is 0 Å². The summed E-state index contributed by atoms with van der Waals surface area (Å²) in [6.45, 7) is 5.35. The van der Waals surface area contributed by atoms with Gasteiger partial charge in [-0.3, -0.25) is 0 Å². The van der Waals surface area contributed by atoms with Gasteiger partial charge in [0.25, 0.3) is 0 Å². The number of hydrogen-bond acceptors (Lipinski definition) is 2. The SMILES string of the molecule is CCNC(C)Cc1ccc(-c2occc2Br)cc1. The smallest absolute Gasteiger partial charge is 0.148 e. The second kappa shape index (κ2) is 6.21. The first-order valence-electron chi connectivity index (χ1n) is 6.26. The van der Waals surface area contributed by atoms with Crippen molar-refractivity contribution in [2.75, 3.05) is 6.54 Å². The second-order valence-electron chi connectivity index (χ2n) is 4.46. The van der Waals surface area contributed by atoms with E-state index in [-0.39, 0.29) is 0 Å². The molecule has 0 saturated heterocycles.